The SMILES string of the molecule is CCCCOc1ccc(C(=O)Nc2ccc(C)cc2C)cc1OC. The average Bonchev–Trinajstić information content (AvgIpc) is 2.57. The van der Waals surface area contributed by atoms with Crippen LogP contribution in [0.5, 0.6) is 11.5 Å². The number of hydrogen-bond acceptors (Lipinski definition) is 3. The van der Waals surface area contributed by atoms with E-state index in [-0.39, 0.29) is 5.91 Å². The van der Waals surface area contributed by atoms with E-state index in [4.69, 9.17) is 9.47 Å². The van der Waals surface area contributed by atoms with Crippen LogP contribution < -0.4 is 14.8 Å². The van der Waals surface area contributed by atoms with Gasteiger partial charge in [0.2, 0.25) is 0 Å². The van der Waals surface area contributed by atoms with E-state index in [2.05, 4.69) is 12.2 Å². The molecule has 0 aromatic heterocycles. The fourth-order valence-corrected chi connectivity index (χ4v) is 2.40. The minimum Gasteiger partial charge on any atom is -0.493 e. The average molecular weight is 327 g/mol. The first-order valence-electron chi connectivity index (χ1n) is 8.24. The Labute approximate surface area is 143 Å². The molecule has 4 nitrogen and oxygen atoms in total. The summed E-state index contributed by atoms with van der Waals surface area (Å²) in [4.78, 5) is 12.5. The Balaban J connectivity index is 2.14. The van der Waals surface area contributed by atoms with Gasteiger partial charge in [-0.05, 0) is 50.1 Å². The molecular weight excluding hydrogens is 302 g/mol. The van der Waals surface area contributed by atoms with Gasteiger partial charge in [0.15, 0.2) is 11.5 Å². The Morgan fingerprint density at radius 2 is 1.88 bits per heavy atom. The molecule has 0 heterocycles. The Hall–Kier alpha value is -2.49. The quantitative estimate of drug-likeness (QED) is 0.747. The molecule has 0 bridgehead atoms. The predicted octanol–water partition coefficient (Wildman–Crippen LogP) is 4.74. The zero-order valence-corrected chi connectivity index (χ0v) is 14.8. The zero-order chi connectivity index (χ0) is 17.5. The fraction of sp³-hybridized carbons (Fsp3) is 0.350. The van der Waals surface area contributed by atoms with Gasteiger partial charge in [-0.3, -0.25) is 4.79 Å². The highest BCUT2D eigenvalue weighted by molar-refractivity contribution is 6.05. The normalized spacial score (nSPS) is 10.3. The lowest BCUT2D eigenvalue weighted by molar-refractivity contribution is 0.102. The minimum absolute atomic E-state index is 0.166. The third-order valence-corrected chi connectivity index (χ3v) is 3.81. The number of unbranched alkanes of at least 4 members (excludes halogenated alkanes) is 1. The topological polar surface area (TPSA) is 47.6 Å². The van der Waals surface area contributed by atoms with Crippen molar-refractivity contribution in [3.8, 4) is 11.5 Å². The smallest absolute Gasteiger partial charge is 0.255 e. The van der Waals surface area contributed by atoms with E-state index in [1.165, 1.54) is 5.56 Å². The monoisotopic (exact) mass is 327 g/mol. The van der Waals surface area contributed by atoms with Crippen LogP contribution in [0.15, 0.2) is 36.4 Å². The van der Waals surface area contributed by atoms with Crippen molar-refractivity contribution in [2.45, 2.75) is 33.6 Å². The summed E-state index contributed by atoms with van der Waals surface area (Å²) < 4.78 is 11.0. The second-order valence-electron chi connectivity index (χ2n) is 5.84. The van der Waals surface area contributed by atoms with Crippen molar-refractivity contribution in [3.63, 3.8) is 0 Å². The van der Waals surface area contributed by atoms with E-state index in [0.29, 0.717) is 23.7 Å². The van der Waals surface area contributed by atoms with Crippen LogP contribution in [0.4, 0.5) is 5.69 Å². The molecule has 1 amide bonds. The number of benzene rings is 2. The third-order valence-electron chi connectivity index (χ3n) is 3.81. The molecule has 2 aromatic rings. The molecule has 1 N–H and O–H groups in total. The lowest BCUT2D eigenvalue weighted by Gasteiger charge is -2.13. The van der Waals surface area contributed by atoms with E-state index in [1.807, 2.05) is 32.0 Å². The van der Waals surface area contributed by atoms with Crippen LogP contribution >= 0.6 is 0 Å². The number of nitrogens with one attached hydrogen (secondary N) is 1. The molecule has 2 rings (SSSR count). The van der Waals surface area contributed by atoms with E-state index in [9.17, 15) is 4.79 Å². The van der Waals surface area contributed by atoms with Crippen molar-refractivity contribution >= 4 is 11.6 Å². The summed E-state index contributed by atoms with van der Waals surface area (Å²) in [7, 11) is 1.58. The zero-order valence-electron chi connectivity index (χ0n) is 14.8. The standard InChI is InChI=1S/C20H25NO3/c1-5-6-11-24-18-10-8-16(13-19(18)23-4)20(22)21-17-9-7-14(2)12-15(17)3/h7-10,12-13H,5-6,11H2,1-4H3,(H,21,22). The summed E-state index contributed by atoms with van der Waals surface area (Å²) in [6, 6.07) is 11.2. The maximum absolute atomic E-state index is 12.5. The van der Waals surface area contributed by atoms with Gasteiger partial charge in [0.1, 0.15) is 0 Å². The van der Waals surface area contributed by atoms with Crippen molar-refractivity contribution in [3.05, 3.63) is 53.1 Å². The van der Waals surface area contributed by atoms with Gasteiger partial charge in [-0.1, -0.05) is 31.0 Å². The van der Waals surface area contributed by atoms with Gasteiger partial charge in [0.05, 0.1) is 13.7 Å². The molecule has 128 valence electrons. The Bertz CT molecular complexity index is 710. The molecule has 0 fully saturated rings. The van der Waals surface area contributed by atoms with Crippen molar-refractivity contribution in [2.24, 2.45) is 0 Å². The predicted molar refractivity (Wildman–Crippen MR) is 97.3 cm³/mol. The maximum Gasteiger partial charge on any atom is 0.255 e. The van der Waals surface area contributed by atoms with Gasteiger partial charge in [-0.15, -0.1) is 0 Å². The second-order valence-corrected chi connectivity index (χ2v) is 5.84. The van der Waals surface area contributed by atoms with Crippen LogP contribution in [0.1, 0.15) is 41.3 Å². The van der Waals surface area contributed by atoms with Crippen LogP contribution in [0, 0.1) is 13.8 Å². The van der Waals surface area contributed by atoms with Crippen LogP contribution in [0.2, 0.25) is 0 Å². The highest BCUT2D eigenvalue weighted by Crippen LogP contribution is 2.29. The molecule has 0 aliphatic heterocycles. The fourth-order valence-electron chi connectivity index (χ4n) is 2.40. The van der Waals surface area contributed by atoms with E-state index in [1.54, 1.807) is 25.3 Å². The lowest BCUT2D eigenvalue weighted by Crippen LogP contribution is -2.13. The molecule has 0 saturated carbocycles. The van der Waals surface area contributed by atoms with Crippen LogP contribution in [-0.2, 0) is 0 Å². The van der Waals surface area contributed by atoms with Crippen LogP contribution in [-0.4, -0.2) is 19.6 Å². The summed E-state index contributed by atoms with van der Waals surface area (Å²) in [6.45, 7) is 6.76. The summed E-state index contributed by atoms with van der Waals surface area (Å²) in [5.41, 5.74) is 3.55. The number of hydrogen-bond donors (Lipinski definition) is 1. The van der Waals surface area contributed by atoms with Gasteiger partial charge in [0.25, 0.3) is 5.91 Å². The molecule has 0 unspecified atom stereocenters. The van der Waals surface area contributed by atoms with Gasteiger partial charge in [-0.25, -0.2) is 0 Å². The number of ether oxygens (including phenoxy) is 2. The van der Waals surface area contributed by atoms with Crippen molar-refractivity contribution in [1.29, 1.82) is 0 Å². The Kier molecular flexibility index (Phi) is 6.24. The molecule has 0 aliphatic rings. The maximum atomic E-state index is 12.5. The number of aryl methyl sites for hydroxylation is 2. The van der Waals surface area contributed by atoms with Crippen molar-refractivity contribution in [2.75, 3.05) is 19.0 Å². The largest absolute Gasteiger partial charge is 0.493 e. The number of methoxy groups -OCH3 is 1. The molecular formula is C20H25NO3. The summed E-state index contributed by atoms with van der Waals surface area (Å²) in [5.74, 6) is 1.06. The highest BCUT2D eigenvalue weighted by Gasteiger charge is 2.12. The van der Waals surface area contributed by atoms with Gasteiger partial charge in [0, 0.05) is 11.3 Å². The number of amides is 1. The highest BCUT2D eigenvalue weighted by atomic mass is 16.5. The molecule has 0 spiro atoms. The Morgan fingerprint density at radius 1 is 1.08 bits per heavy atom. The third kappa shape index (κ3) is 4.51. The molecule has 4 heteroatoms. The lowest BCUT2D eigenvalue weighted by atomic mass is 10.1. The Morgan fingerprint density at radius 3 is 2.54 bits per heavy atom. The minimum atomic E-state index is -0.166. The summed E-state index contributed by atoms with van der Waals surface area (Å²) in [6.07, 6.45) is 2.05. The number of anilines is 1. The number of carbonyl (C=O) groups is 1. The molecule has 0 radical (unpaired) electrons. The first-order chi connectivity index (χ1) is 11.5. The van der Waals surface area contributed by atoms with Gasteiger partial charge in [-0.2, -0.15) is 0 Å². The van der Waals surface area contributed by atoms with Crippen molar-refractivity contribution in [1.82, 2.24) is 0 Å². The molecule has 0 aliphatic carbocycles. The van der Waals surface area contributed by atoms with E-state index >= 15 is 0 Å². The molecule has 0 saturated heterocycles. The van der Waals surface area contributed by atoms with E-state index < -0.39 is 0 Å². The van der Waals surface area contributed by atoms with Gasteiger partial charge < -0.3 is 14.8 Å². The first-order valence-corrected chi connectivity index (χ1v) is 8.24. The van der Waals surface area contributed by atoms with Crippen LogP contribution in [0.3, 0.4) is 0 Å². The van der Waals surface area contributed by atoms with Crippen LogP contribution in [0.25, 0.3) is 0 Å². The molecule has 0 atom stereocenters. The summed E-state index contributed by atoms with van der Waals surface area (Å²) >= 11 is 0. The molecule has 24 heavy (non-hydrogen) atoms. The molecule has 2 aromatic carbocycles. The number of rotatable bonds is 7. The second kappa shape index (κ2) is 8.39. The van der Waals surface area contributed by atoms with Gasteiger partial charge >= 0.3 is 0 Å². The van der Waals surface area contributed by atoms with E-state index in [0.717, 1.165) is 24.1 Å². The first kappa shape index (κ1) is 17.9. The van der Waals surface area contributed by atoms with Crippen molar-refractivity contribution < 1.29 is 14.3 Å². The number of carbonyl (C=O) groups excluding carboxylic acids is 1. The summed E-state index contributed by atoms with van der Waals surface area (Å²) in [5, 5.41) is 2.94.